The molecule has 9 heteroatoms. The fraction of sp³-hybridized carbons (Fsp3) is 0.158. The van der Waals surface area contributed by atoms with E-state index in [4.69, 9.17) is 9.15 Å². The van der Waals surface area contributed by atoms with Crippen LogP contribution in [0, 0.1) is 23.3 Å². The van der Waals surface area contributed by atoms with Crippen LogP contribution < -0.4 is 4.74 Å². The minimum absolute atomic E-state index is 0.0918. The van der Waals surface area contributed by atoms with Crippen molar-refractivity contribution in [1.82, 2.24) is 9.78 Å². The minimum Gasteiger partial charge on any atom is -0.479 e. The molecule has 5 nitrogen and oxygen atoms in total. The first kappa shape index (κ1) is 19.4. The second-order valence-electron chi connectivity index (χ2n) is 5.67. The van der Waals surface area contributed by atoms with Crippen molar-refractivity contribution in [2.45, 2.75) is 20.1 Å². The van der Waals surface area contributed by atoms with Gasteiger partial charge in [-0.25, -0.2) is 8.78 Å². The zero-order valence-electron chi connectivity index (χ0n) is 14.6. The molecule has 0 bridgehead atoms. The van der Waals surface area contributed by atoms with Crippen LogP contribution >= 0.6 is 0 Å². The first-order chi connectivity index (χ1) is 13.4. The van der Waals surface area contributed by atoms with Crippen LogP contribution in [0.25, 0.3) is 6.08 Å². The summed E-state index contributed by atoms with van der Waals surface area (Å²) in [5.41, 5.74) is 0.410. The number of benzene rings is 1. The average molecular weight is 394 g/mol. The molecule has 2 heterocycles. The lowest BCUT2D eigenvalue weighted by molar-refractivity contribution is 0.104. The quantitative estimate of drug-likeness (QED) is 0.256. The molecule has 0 amide bonds. The fourth-order valence-corrected chi connectivity index (χ4v) is 2.30. The molecule has 0 fully saturated rings. The number of aromatic nitrogens is 2. The van der Waals surface area contributed by atoms with Gasteiger partial charge < -0.3 is 9.15 Å². The van der Waals surface area contributed by atoms with Crippen molar-refractivity contribution in [2.75, 3.05) is 0 Å². The number of ether oxygens (including phenoxy) is 1. The smallest absolute Gasteiger partial charge is 0.203 e. The first-order valence-electron chi connectivity index (χ1n) is 8.18. The minimum atomic E-state index is -1.64. The van der Waals surface area contributed by atoms with Gasteiger partial charge in [0, 0.05) is 18.8 Å². The largest absolute Gasteiger partial charge is 0.479 e. The van der Waals surface area contributed by atoms with Crippen LogP contribution in [0.1, 0.15) is 28.8 Å². The number of hydrogen-bond donors (Lipinski definition) is 0. The highest BCUT2D eigenvalue weighted by atomic mass is 19.2. The fourth-order valence-electron chi connectivity index (χ4n) is 2.30. The topological polar surface area (TPSA) is 57.3 Å². The van der Waals surface area contributed by atoms with E-state index in [1.807, 2.05) is 6.92 Å². The molecule has 0 spiro atoms. The van der Waals surface area contributed by atoms with Gasteiger partial charge in [0.15, 0.2) is 23.2 Å². The summed E-state index contributed by atoms with van der Waals surface area (Å²) >= 11 is 0. The molecule has 0 saturated heterocycles. The van der Waals surface area contributed by atoms with E-state index in [9.17, 15) is 22.4 Å². The highest BCUT2D eigenvalue weighted by Crippen LogP contribution is 2.27. The Balaban J connectivity index is 1.66. The number of nitrogens with zero attached hydrogens (tertiary/aromatic N) is 2. The molecule has 3 rings (SSSR count). The van der Waals surface area contributed by atoms with Gasteiger partial charge in [0.25, 0.3) is 0 Å². The second-order valence-corrected chi connectivity index (χ2v) is 5.67. The predicted molar refractivity (Wildman–Crippen MR) is 90.6 cm³/mol. The van der Waals surface area contributed by atoms with E-state index in [1.165, 1.54) is 30.5 Å². The Morgan fingerprint density at radius 2 is 1.93 bits per heavy atom. The van der Waals surface area contributed by atoms with Crippen molar-refractivity contribution >= 4 is 11.9 Å². The summed E-state index contributed by atoms with van der Waals surface area (Å²) in [6.45, 7) is 2.05. The van der Waals surface area contributed by atoms with E-state index < -0.39 is 35.6 Å². The highest BCUT2D eigenvalue weighted by molar-refractivity contribution is 6.06. The lowest BCUT2D eigenvalue weighted by atomic mass is 10.2. The predicted octanol–water partition coefficient (Wildman–Crippen LogP) is 4.53. The molecular formula is C19H14F4N2O3. The molecule has 0 radical (unpaired) electrons. The Kier molecular flexibility index (Phi) is 5.62. The molecule has 146 valence electrons. The van der Waals surface area contributed by atoms with Crippen molar-refractivity contribution in [3.8, 4) is 5.75 Å². The van der Waals surface area contributed by atoms with Gasteiger partial charge in [0.2, 0.25) is 11.6 Å². The molecular weight excluding hydrogens is 380 g/mol. The molecule has 0 atom stereocenters. The zero-order valence-corrected chi connectivity index (χ0v) is 14.6. The third-order valence-electron chi connectivity index (χ3n) is 3.75. The van der Waals surface area contributed by atoms with E-state index >= 15 is 0 Å². The molecule has 0 aliphatic carbocycles. The second kappa shape index (κ2) is 8.12. The van der Waals surface area contributed by atoms with E-state index in [0.717, 1.165) is 0 Å². The van der Waals surface area contributed by atoms with Gasteiger partial charge in [-0.3, -0.25) is 9.48 Å². The lowest BCUT2D eigenvalue weighted by Crippen LogP contribution is -2.03. The molecule has 0 unspecified atom stereocenters. The van der Waals surface area contributed by atoms with Gasteiger partial charge in [-0.1, -0.05) is 0 Å². The van der Waals surface area contributed by atoms with Gasteiger partial charge in [0.1, 0.15) is 18.1 Å². The molecule has 0 aliphatic rings. The van der Waals surface area contributed by atoms with Crippen molar-refractivity contribution in [3.63, 3.8) is 0 Å². The van der Waals surface area contributed by atoms with Crippen molar-refractivity contribution in [2.24, 2.45) is 0 Å². The Bertz CT molecular complexity index is 1010. The van der Waals surface area contributed by atoms with Crippen LogP contribution in [-0.2, 0) is 13.2 Å². The zero-order chi connectivity index (χ0) is 20.3. The van der Waals surface area contributed by atoms with Crippen molar-refractivity contribution in [1.29, 1.82) is 0 Å². The standard InChI is InChI=1S/C19H14F4N2O3/c1-2-25-9-11(8-24-25)16(26)6-5-12-3-4-13(28-12)10-27-19-17(22)14(20)7-15(21)18(19)23/h3-9H,2,10H2,1H3/b6-5+. The number of ketones is 1. The molecule has 0 N–H and O–H groups in total. The van der Waals surface area contributed by atoms with Crippen LogP contribution in [0.4, 0.5) is 17.6 Å². The molecule has 2 aromatic heterocycles. The summed E-state index contributed by atoms with van der Waals surface area (Å²) in [5.74, 6) is -7.45. The molecule has 1 aromatic carbocycles. The number of carbonyl (C=O) groups excluding carboxylic acids is 1. The van der Waals surface area contributed by atoms with E-state index in [0.29, 0.717) is 12.1 Å². The maximum Gasteiger partial charge on any atom is 0.203 e. The first-order valence-corrected chi connectivity index (χ1v) is 8.18. The van der Waals surface area contributed by atoms with Crippen LogP contribution in [0.2, 0.25) is 0 Å². The van der Waals surface area contributed by atoms with Gasteiger partial charge in [-0.2, -0.15) is 13.9 Å². The third-order valence-corrected chi connectivity index (χ3v) is 3.75. The maximum atomic E-state index is 13.6. The summed E-state index contributed by atoms with van der Waals surface area (Å²) in [7, 11) is 0. The Hall–Kier alpha value is -3.36. The normalized spacial score (nSPS) is 11.3. The molecule has 3 aromatic rings. The maximum absolute atomic E-state index is 13.6. The number of furan rings is 1. The SMILES string of the molecule is CCn1cc(C(=O)/C=C/c2ccc(COc3c(F)c(F)cc(F)c3F)o2)cn1. The van der Waals surface area contributed by atoms with Gasteiger partial charge in [-0.15, -0.1) is 0 Å². The number of carbonyl (C=O) groups is 1. The van der Waals surface area contributed by atoms with Crippen LogP contribution in [0.3, 0.4) is 0 Å². The third kappa shape index (κ3) is 4.13. The van der Waals surface area contributed by atoms with Crippen LogP contribution in [0.5, 0.6) is 5.75 Å². The molecule has 0 aliphatic heterocycles. The average Bonchev–Trinajstić information content (AvgIpc) is 3.34. The Morgan fingerprint density at radius 3 is 2.57 bits per heavy atom. The number of hydrogen-bond acceptors (Lipinski definition) is 4. The van der Waals surface area contributed by atoms with Gasteiger partial charge in [0.05, 0.1) is 11.8 Å². The number of aryl methyl sites for hydroxylation is 1. The van der Waals surface area contributed by atoms with E-state index in [-0.39, 0.29) is 23.4 Å². The molecule has 28 heavy (non-hydrogen) atoms. The van der Waals surface area contributed by atoms with Crippen LogP contribution in [0.15, 0.2) is 41.1 Å². The summed E-state index contributed by atoms with van der Waals surface area (Å²) in [5, 5.41) is 4.00. The van der Waals surface area contributed by atoms with Crippen LogP contribution in [-0.4, -0.2) is 15.6 Å². The summed E-state index contributed by atoms with van der Waals surface area (Å²) in [4.78, 5) is 12.0. The van der Waals surface area contributed by atoms with E-state index in [2.05, 4.69) is 5.10 Å². The highest BCUT2D eigenvalue weighted by Gasteiger charge is 2.21. The van der Waals surface area contributed by atoms with Gasteiger partial charge in [-0.05, 0) is 31.2 Å². The van der Waals surface area contributed by atoms with Crippen molar-refractivity contribution in [3.05, 3.63) is 77.0 Å². The number of allylic oxidation sites excluding steroid dienone is 1. The summed E-state index contributed by atoms with van der Waals surface area (Å²) in [6, 6.07) is 3.02. The Labute approximate surface area is 156 Å². The number of rotatable bonds is 7. The summed E-state index contributed by atoms with van der Waals surface area (Å²) < 4.78 is 65.2. The summed E-state index contributed by atoms with van der Waals surface area (Å²) in [6.07, 6.45) is 5.73. The lowest BCUT2D eigenvalue weighted by Gasteiger charge is -2.08. The van der Waals surface area contributed by atoms with Gasteiger partial charge >= 0.3 is 0 Å². The molecule has 0 saturated carbocycles. The number of halogens is 4. The monoisotopic (exact) mass is 394 g/mol. The van der Waals surface area contributed by atoms with E-state index in [1.54, 1.807) is 10.9 Å². The van der Waals surface area contributed by atoms with Crippen molar-refractivity contribution < 1.29 is 31.5 Å². The Morgan fingerprint density at radius 1 is 1.21 bits per heavy atom.